The molecule has 0 heterocycles. The SMILES string of the molecule is C=CCC(=O)N(CCO)CC(F)F. The van der Waals surface area contributed by atoms with Crippen molar-refractivity contribution in [2.24, 2.45) is 0 Å². The van der Waals surface area contributed by atoms with Crippen LogP contribution in [0.15, 0.2) is 12.7 Å². The minimum absolute atomic E-state index is 0.0206. The van der Waals surface area contributed by atoms with Gasteiger partial charge in [-0.2, -0.15) is 0 Å². The van der Waals surface area contributed by atoms with E-state index in [0.29, 0.717) is 0 Å². The molecule has 0 aromatic carbocycles. The van der Waals surface area contributed by atoms with E-state index >= 15 is 0 Å². The van der Waals surface area contributed by atoms with Crippen LogP contribution in [-0.2, 0) is 4.79 Å². The molecule has 76 valence electrons. The Kier molecular flexibility index (Phi) is 6.05. The van der Waals surface area contributed by atoms with Gasteiger partial charge in [-0.15, -0.1) is 6.58 Å². The first-order valence-corrected chi connectivity index (χ1v) is 3.89. The third-order valence-electron chi connectivity index (χ3n) is 1.40. The number of nitrogens with zero attached hydrogens (tertiary/aromatic N) is 1. The summed E-state index contributed by atoms with van der Waals surface area (Å²) in [5.74, 6) is -0.440. The van der Waals surface area contributed by atoms with E-state index in [1.807, 2.05) is 0 Å². The van der Waals surface area contributed by atoms with Crippen molar-refractivity contribution in [3.05, 3.63) is 12.7 Å². The van der Waals surface area contributed by atoms with Gasteiger partial charge in [0.1, 0.15) is 0 Å². The quantitative estimate of drug-likeness (QED) is 0.629. The first-order valence-electron chi connectivity index (χ1n) is 3.89. The number of carbonyl (C=O) groups excluding carboxylic acids is 1. The molecule has 0 unspecified atom stereocenters. The second-order valence-electron chi connectivity index (χ2n) is 2.45. The molecular weight excluding hydrogens is 180 g/mol. The topological polar surface area (TPSA) is 40.5 Å². The van der Waals surface area contributed by atoms with Crippen LogP contribution in [0.25, 0.3) is 0 Å². The lowest BCUT2D eigenvalue weighted by Crippen LogP contribution is -2.36. The number of halogens is 2. The lowest BCUT2D eigenvalue weighted by molar-refractivity contribution is -0.132. The highest BCUT2D eigenvalue weighted by Crippen LogP contribution is 2.00. The maximum atomic E-state index is 11.9. The number of hydrogen-bond donors (Lipinski definition) is 1. The standard InChI is InChI=1S/C8H13F2NO2/c1-2-3-8(13)11(4-5-12)6-7(9)10/h2,7,12H,1,3-6H2. The predicted molar refractivity (Wildman–Crippen MR) is 44.5 cm³/mol. The van der Waals surface area contributed by atoms with Crippen LogP contribution in [-0.4, -0.2) is 42.0 Å². The molecule has 0 bridgehead atoms. The molecular formula is C8H13F2NO2. The van der Waals surface area contributed by atoms with Crippen molar-refractivity contribution in [2.45, 2.75) is 12.8 Å². The molecule has 0 radical (unpaired) electrons. The summed E-state index contributed by atoms with van der Waals surface area (Å²) in [4.78, 5) is 12.0. The highest BCUT2D eigenvalue weighted by Gasteiger charge is 2.15. The Hall–Kier alpha value is -0.970. The Morgan fingerprint density at radius 2 is 2.23 bits per heavy atom. The Morgan fingerprint density at radius 3 is 2.62 bits per heavy atom. The second kappa shape index (κ2) is 6.54. The molecule has 1 N–H and O–H groups in total. The van der Waals surface area contributed by atoms with Crippen molar-refractivity contribution >= 4 is 5.91 Å². The largest absolute Gasteiger partial charge is 0.395 e. The van der Waals surface area contributed by atoms with Gasteiger partial charge in [0, 0.05) is 13.0 Å². The van der Waals surface area contributed by atoms with Crippen molar-refractivity contribution in [1.82, 2.24) is 4.90 Å². The minimum Gasteiger partial charge on any atom is -0.395 e. The number of aliphatic hydroxyl groups excluding tert-OH is 1. The molecule has 3 nitrogen and oxygen atoms in total. The zero-order valence-electron chi connectivity index (χ0n) is 7.25. The van der Waals surface area contributed by atoms with E-state index in [1.54, 1.807) is 0 Å². The van der Waals surface area contributed by atoms with Gasteiger partial charge in [0.2, 0.25) is 5.91 Å². The van der Waals surface area contributed by atoms with Crippen LogP contribution in [0, 0.1) is 0 Å². The van der Waals surface area contributed by atoms with E-state index < -0.39 is 18.9 Å². The van der Waals surface area contributed by atoms with Crippen LogP contribution in [0.5, 0.6) is 0 Å². The third kappa shape index (κ3) is 5.30. The first kappa shape index (κ1) is 12.0. The van der Waals surface area contributed by atoms with Gasteiger partial charge in [-0.25, -0.2) is 8.78 Å². The Bertz CT molecular complexity index is 174. The van der Waals surface area contributed by atoms with Gasteiger partial charge in [-0.3, -0.25) is 4.79 Å². The number of amides is 1. The van der Waals surface area contributed by atoms with Crippen molar-refractivity contribution in [3.8, 4) is 0 Å². The fraction of sp³-hybridized carbons (Fsp3) is 0.625. The number of alkyl halides is 2. The van der Waals surface area contributed by atoms with E-state index in [9.17, 15) is 13.6 Å². The smallest absolute Gasteiger partial charge is 0.255 e. The monoisotopic (exact) mass is 193 g/mol. The molecule has 0 rings (SSSR count). The summed E-state index contributed by atoms with van der Waals surface area (Å²) in [5, 5.41) is 8.50. The number of rotatable bonds is 6. The molecule has 1 amide bonds. The molecule has 0 aromatic rings. The second-order valence-corrected chi connectivity index (χ2v) is 2.45. The number of hydrogen-bond acceptors (Lipinski definition) is 2. The molecule has 0 aromatic heterocycles. The highest BCUT2D eigenvalue weighted by atomic mass is 19.3. The fourth-order valence-electron chi connectivity index (χ4n) is 0.858. The van der Waals surface area contributed by atoms with E-state index in [-0.39, 0.29) is 19.6 Å². The molecule has 0 aliphatic rings. The van der Waals surface area contributed by atoms with Crippen molar-refractivity contribution in [1.29, 1.82) is 0 Å². The maximum absolute atomic E-state index is 11.9. The van der Waals surface area contributed by atoms with E-state index in [1.165, 1.54) is 6.08 Å². The molecule has 13 heavy (non-hydrogen) atoms. The summed E-state index contributed by atoms with van der Waals surface area (Å²) < 4.78 is 23.8. The predicted octanol–water partition coefficient (Wildman–Crippen LogP) is 0.648. The van der Waals surface area contributed by atoms with Crippen molar-refractivity contribution in [2.75, 3.05) is 19.7 Å². The zero-order chi connectivity index (χ0) is 10.3. The van der Waals surface area contributed by atoms with Gasteiger partial charge in [0.05, 0.1) is 13.2 Å². The zero-order valence-corrected chi connectivity index (χ0v) is 7.25. The van der Waals surface area contributed by atoms with Crippen LogP contribution < -0.4 is 0 Å². The van der Waals surface area contributed by atoms with Crippen molar-refractivity contribution in [3.63, 3.8) is 0 Å². The normalized spacial score (nSPS) is 10.2. The molecule has 0 fully saturated rings. The van der Waals surface area contributed by atoms with Gasteiger partial charge in [0.15, 0.2) is 0 Å². The van der Waals surface area contributed by atoms with Crippen LogP contribution in [0.4, 0.5) is 8.78 Å². The molecule has 5 heteroatoms. The number of carbonyl (C=O) groups is 1. The minimum atomic E-state index is -2.57. The average molecular weight is 193 g/mol. The van der Waals surface area contributed by atoms with Crippen molar-refractivity contribution < 1.29 is 18.7 Å². The fourth-order valence-corrected chi connectivity index (χ4v) is 0.858. The van der Waals surface area contributed by atoms with E-state index in [2.05, 4.69) is 6.58 Å². The Labute approximate surface area is 75.7 Å². The third-order valence-corrected chi connectivity index (χ3v) is 1.40. The van der Waals surface area contributed by atoms with Crippen LogP contribution in [0.1, 0.15) is 6.42 Å². The van der Waals surface area contributed by atoms with Gasteiger partial charge >= 0.3 is 0 Å². The summed E-state index contributed by atoms with van der Waals surface area (Å²) in [6.45, 7) is 2.32. The Morgan fingerprint density at radius 1 is 1.62 bits per heavy atom. The maximum Gasteiger partial charge on any atom is 0.255 e. The van der Waals surface area contributed by atoms with Crippen LogP contribution in [0.2, 0.25) is 0 Å². The molecule has 0 spiro atoms. The highest BCUT2D eigenvalue weighted by molar-refractivity contribution is 5.77. The molecule has 0 saturated heterocycles. The van der Waals surface area contributed by atoms with E-state index in [4.69, 9.17) is 5.11 Å². The summed E-state index contributed by atoms with van der Waals surface area (Å²) in [6, 6.07) is 0. The molecule has 0 saturated carbocycles. The first-order chi connectivity index (χ1) is 6.11. The summed E-state index contributed by atoms with van der Waals surface area (Å²) in [5.41, 5.74) is 0. The summed E-state index contributed by atoms with van der Waals surface area (Å²) in [6.07, 6.45) is -1.20. The summed E-state index contributed by atoms with van der Waals surface area (Å²) >= 11 is 0. The lowest BCUT2D eigenvalue weighted by Gasteiger charge is -2.20. The van der Waals surface area contributed by atoms with Crippen LogP contribution in [0.3, 0.4) is 0 Å². The van der Waals surface area contributed by atoms with E-state index in [0.717, 1.165) is 4.90 Å². The van der Waals surface area contributed by atoms with Gasteiger partial charge in [-0.1, -0.05) is 6.08 Å². The van der Waals surface area contributed by atoms with Gasteiger partial charge in [0.25, 0.3) is 6.43 Å². The number of aliphatic hydroxyl groups is 1. The molecule has 0 aliphatic heterocycles. The van der Waals surface area contributed by atoms with Gasteiger partial charge in [-0.05, 0) is 0 Å². The van der Waals surface area contributed by atoms with Gasteiger partial charge < -0.3 is 10.0 Å². The molecule has 0 aliphatic carbocycles. The molecule has 0 atom stereocenters. The Balaban J connectivity index is 4.05. The van der Waals surface area contributed by atoms with Crippen LogP contribution >= 0.6 is 0 Å². The summed E-state index contributed by atoms with van der Waals surface area (Å²) in [7, 11) is 0. The lowest BCUT2D eigenvalue weighted by atomic mass is 10.3. The average Bonchev–Trinajstić information content (AvgIpc) is 2.03.